The van der Waals surface area contributed by atoms with Gasteiger partial charge in [-0.3, -0.25) is 9.69 Å². The van der Waals surface area contributed by atoms with Crippen molar-refractivity contribution in [3.8, 4) is 0 Å². The van der Waals surface area contributed by atoms with Gasteiger partial charge in [0.1, 0.15) is 0 Å². The first-order valence-corrected chi connectivity index (χ1v) is 6.74. The van der Waals surface area contributed by atoms with Crippen LogP contribution < -0.4 is 5.73 Å². The highest BCUT2D eigenvalue weighted by molar-refractivity contribution is 5.80. The molecule has 0 saturated carbocycles. The average molecular weight is 240 g/mol. The van der Waals surface area contributed by atoms with Crippen LogP contribution in [0.1, 0.15) is 53.9 Å². The fourth-order valence-electron chi connectivity index (χ4n) is 3.00. The molecule has 1 saturated heterocycles. The standard InChI is InChI=1S/C14H28N2O/c1-6-11-7-8-16(9-11)14(4,5)10-13(2,3)12(15)17/h11H,6-10H2,1-5H3,(H2,15,17). The minimum absolute atomic E-state index is 0.0580. The molecule has 1 unspecified atom stereocenters. The second-order valence-electron chi connectivity index (χ2n) is 6.75. The highest BCUT2D eigenvalue weighted by Gasteiger charge is 2.39. The van der Waals surface area contributed by atoms with Crippen LogP contribution in [0.2, 0.25) is 0 Å². The molecule has 1 rings (SSSR count). The molecular weight excluding hydrogens is 212 g/mol. The zero-order valence-electron chi connectivity index (χ0n) is 12.0. The Kier molecular flexibility index (Phi) is 4.23. The Morgan fingerprint density at radius 2 is 1.94 bits per heavy atom. The Morgan fingerprint density at radius 3 is 2.35 bits per heavy atom. The van der Waals surface area contributed by atoms with Crippen LogP contribution in [0, 0.1) is 11.3 Å². The van der Waals surface area contributed by atoms with E-state index in [4.69, 9.17) is 5.73 Å². The molecule has 2 N–H and O–H groups in total. The van der Waals surface area contributed by atoms with Crippen LogP contribution in [0.5, 0.6) is 0 Å². The Morgan fingerprint density at radius 1 is 1.35 bits per heavy atom. The van der Waals surface area contributed by atoms with Gasteiger partial charge in [-0.05, 0) is 39.2 Å². The summed E-state index contributed by atoms with van der Waals surface area (Å²) in [5.74, 6) is 0.628. The summed E-state index contributed by atoms with van der Waals surface area (Å²) < 4.78 is 0. The van der Waals surface area contributed by atoms with E-state index in [0.29, 0.717) is 0 Å². The van der Waals surface area contributed by atoms with Gasteiger partial charge in [0, 0.05) is 17.5 Å². The van der Waals surface area contributed by atoms with E-state index in [1.54, 1.807) is 0 Å². The van der Waals surface area contributed by atoms with Gasteiger partial charge in [0.2, 0.25) is 5.91 Å². The summed E-state index contributed by atoms with van der Waals surface area (Å²) in [6, 6.07) is 0. The van der Waals surface area contributed by atoms with Crippen molar-refractivity contribution >= 4 is 5.91 Å². The minimum atomic E-state index is -0.423. The maximum absolute atomic E-state index is 11.4. The van der Waals surface area contributed by atoms with Crippen molar-refractivity contribution in [2.45, 2.75) is 59.4 Å². The first-order chi connectivity index (χ1) is 7.69. The number of primary amides is 1. The molecule has 0 spiro atoms. The summed E-state index contributed by atoms with van der Waals surface area (Å²) in [6.45, 7) is 12.9. The van der Waals surface area contributed by atoms with E-state index in [1.807, 2.05) is 13.8 Å². The van der Waals surface area contributed by atoms with Crippen LogP contribution in [0.15, 0.2) is 0 Å². The zero-order valence-corrected chi connectivity index (χ0v) is 12.0. The van der Waals surface area contributed by atoms with Gasteiger partial charge in [-0.1, -0.05) is 27.2 Å². The van der Waals surface area contributed by atoms with Crippen molar-refractivity contribution in [2.75, 3.05) is 13.1 Å². The molecule has 0 aromatic rings. The van der Waals surface area contributed by atoms with Gasteiger partial charge in [-0.2, -0.15) is 0 Å². The molecular formula is C14H28N2O. The number of amides is 1. The molecule has 3 heteroatoms. The fraction of sp³-hybridized carbons (Fsp3) is 0.929. The third kappa shape index (κ3) is 3.44. The molecule has 1 amide bonds. The quantitative estimate of drug-likeness (QED) is 0.802. The molecule has 1 heterocycles. The van der Waals surface area contributed by atoms with E-state index < -0.39 is 5.41 Å². The van der Waals surface area contributed by atoms with Crippen LogP contribution in [0.3, 0.4) is 0 Å². The van der Waals surface area contributed by atoms with E-state index in [0.717, 1.165) is 18.9 Å². The molecule has 0 aromatic carbocycles. The Balaban J connectivity index is 2.66. The molecule has 1 atom stereocenters. The van der Waals surface area contributed by atoms with Crippen molar-refractivity contribution in [3.05, 3.63) is 0 Å². The van der Waals surface area contributed by atoms with Gasteiger partial charge in [0.15, 0.2) is 0 Å². The lowest BCUT2D eigenvalue weighted by Gasteiger charge is -2.40. The summed E-state index contributed by atoms with van der Waals surface area (Å²) in [4.78, 5) is 14.0. The second kappa shape index (κ2) is 4.97. The Labute approximate surface area is 106 Å². The van der Waals surface area contributed by atoms with Crippen molar-refractivity contribution in [1.82, 2.24) is 4.90 Å². The number of carbonyl (C=O) groups is 1. The van der Waals surface area contributed by atoms with E-state index in [1.165, 1.54) is 19.4 Å². The molecule has 1 aliphatic heterocycles. The summed E-state index contributed by atoms with van der Waals surface area (Å²) in [7, 11) is 0. The SMILES string of the molecule is CCC1CCN(C(C)(C)CC(C)(C)C(N)=O)C1. The van der Waals surface area contributed by atoms with Crippen molar-refractivity contribution in [3.63, 3.8) is 0 Å². The summed E-state index contributed by atoms with van der Waals surface area (Å²) >= 11 is 0. The highest BCUT2D eigenvalue weighted by Crippen LogP contribution is 2.35. The number of nitrogens with zero attached hydrogens (tertiary/aromatic N) is 1. The van der Waals surface area contributed by atoms with Crippen LogP contribution in [-0.4, -0.2) is 29.4 Å². The third-order valence-corrected chi connectivity index (χ3v) is 4.26. The summed E-state index contributed by atoms with van der Waals surface area (Å²) in [5, 5.41) is 0. The molecule has 0 radical (unpaired) electrons. The first kappa shape index (κ1) is 14.5. The van der Waals surface area contributed by atoms with Gasteiger partial charge in [-0.15, -0.1) is 0 Å². The molecule has 0 aromatic heterocycles. The van der Waals surface area contributed by atoms with Gasteiger partial charge in [-0.25, -0.2) is 0 Å². The predicted molar refractivity (Wildman–Crippen MR) is 71.6 cm³/mol. The van der Waals surface area contributed by atoms with Crippen molar-refractivity contribution in [1.29, 1.82) is 0 Å². The lowest BCUT2D eigenvalue weighted by molar-refractivity contribution is -0.127. The van der Waals surface area contributed by atoms with Gasteiger partial charge >= 0.3 is 0 Å². The van der Waals surface area contributed by atoms with Gasteiger partial charge in [0.05, 0.1) is 0 Å². The van der Waals surface area contributed by atoms with Crippen LogP contribution in [0.4, 0.5) is 0 Å². The average Bonchev–Trinajstić information content (AvgIpc) is 2.64. The lowest BCUT2D eigenvalue weighted by atomic mass is 9.78. The molecule has 17 heavy (non-hydrogen) atoms. The third-order valence-electron chi connectivity index (χ3n) is 4.26. The Bertz CT molecular complexity index is 284. The van der Waals surface area contributed by atoms with Crippen molar-refractivity contribution in [2.24, 2.45) is 17.1 Å². The molecule has 1 aliphatic rings. The van der Waals surface area contributed by atoms with Crippen molar-refractivity contribution < 1.29 is 4.79 Å². The normalized spacial score (nSPS) is 23.0. The number of rotatable bonds is 5. The zero-order chi connectivity index (χ0) is 13.3. The molecule has 0 aliphatic carbocycles. The highest BCUT2D eigenvalue weighted by atomic mass is 16.1. The number of hydrogen-bond acceptors (Lipinski definition) is 2. The van der Waals surface area contributed by atoms with E-state index in [9.17, 15) is 4.79 Å². The Hall–Kier alpha value is -0.570. The van der Waals surface area contributed by atoms with Gasteiger partial charge in [0.25, 0.3) is 0 Å². The second-order valence-corrected chi connectivity index (χ2v) is 6.75. The van der Waals surface area contributed by atoms with E-state index >= 15 is 0 Å². The van der Waals surface area contributed by atoms with Gasteiger partial charge < -0.3 is 5.73 Å². The predicted octanol–water partition coefficient (Wildman–Crippen LogP) is 2.40. The molecule has 0 bridgehead atoms. The number of nitrogens with two attached hydrogens (primary N) is 1. The maximum atomic E-state index is 11.4. The number of carbonyl (C=O) groups excluding carboxylic acids is 1. The van der Waals surface area contributed by atoms with Crippen LogP contribution >= 0.6 is 0 Å². The topological polar surface area (TPSA) is 46.3 Å². The minimum Gasteiger partial charge on any atom is -0.369 e. The lowest BCUT2D eigenvalue weighted by Crippen LogP contribution is -2.48. The molecule has 3 nitrogen and oxygen atoms in total. The number of hydrogen-bond donors (Lipinski definition) is 1. The molecule has 1 fully saturated rings. The number of likely N-dealkylation sites (tertiary alicyclic amines) is 1. The van der Waals surface area contributed by atoms with E-state index in [2.05, 4.69) is 25.7 Å². The summed E-state index contributed by atoms with van der Waals surface area (Å²) in [5.41, 5.74) is 5.11. The molecule has 100 valence electrons. The smallest absolute Gasteiger partial charge is 0.223 e. The monoisotopic (exact) mass is 240 g/mol. The maximum Gasteiger partial charge on any atom is 0.223 e. The fourth-order valence-corrected chi connectivity index (χ4v) is 3.00. The first-order valence-electron chi connectivity index (χ1n) is 6.74. The van der Waals surface area contributed by atoms with Crippen LogP contribution in [-0.2, 0) is 4.79 Å². The van der Waals surface area contributed by atoms with Crippen LogP contribution in [0.25, 0.3) is 0 Å². The van der Waals surface area contributed by atoms with E-state index in [-0.39, 0.29) is 11.4 Å². The largest absolute Gasteiger partial charge is 0.369 e. The summed E-state index contributed by atoms with van der Waals surface area (Å²) in [6.07, 6.45) is 3.37.